The van der Waals surface area contributed by atoms with E-state index >= 15 is 0 Å². The highest BCUT2D eigenvalue weighted by Crippen LogP contribution is 2.08. The van der Waals surface area contributed by atoms with Crippen molar-refractivity contribution < 1.29 is 9.53 Å². The van der Waals surface area contributed by atoms with Gasteiger partial charge in [-0.05, 0) is 12.8 Å². The van der Waals surface area contributed by atoms with E-state index in [0.29, 0.717) is 0 Å². The summed E-state index contributed by atoms with van der Waals surface area (Å²) in [7, 11) is 1.40. The van der Waals surface area contributed by atoms with Gasteiger partial charge in [0.25, 0.3) is 0 Å². The third-order valence-electron chi connectivity index (χ3n) is 1.55. The first-order chi connectivity index (χ1) is 5.24. The van der Waals surface area contributed by atoms with Crippen LogP contribution in [0.4, 0.5) is 0 Å². The summed E-state index contributed by atoms with van der Waals surface area (Å²) in [5.41, 5.74) is 1.17. The summed E-state index contributed by atoms with van der Waals surface area (Å²) in [6, 6.07) is 0. The van der Waals surface area contributed by atoms with Crippen LogP contribution in [0.3, 0.4) is 0 Å². The molecule has 0 aliphatic heterocycles. The minimum absolute atomic E-state index is 0.240. The second-order valence-electron chi connectivity index (χ2n) is 2.43. The molecule has 0 spiro atoms. The van der Waals surface area contributed by atoms with Crippen LogP contribution in [0.15, 0.2) is 11.6 Å². The lowest BCUT2D eigenvalue weighted by Gasteiger charge is -2.00. The fourth-order valence-electron chi connectivity index (χ4n) is 0.898. The van der Waals surface area contributed by atoms with E-state index in [4.69, 9.17) is 0 Å². The Bertz CT molecular complexity index is 148. The van der Waals surface area contributed by atoms with E-state index in [0.717, 1.165) is 19.3 Å². The van der Waals surface area contributed by atoms with Gasteiger partial charge >= 0.3 is 5.97 Å². The summed E-state index contributed by atoms with van der Waals surface area (Å²) in [5.74, 6) is -0.240. The average Bonchev–Trinajstić information content (AvgIpc) is 2.03. The van der Waals surface area contributed by atoms with E-state index in [1.807, 2.05) is 6.92 Å². The Morgan fingerprint density at radius 1 is 1.45 bits per heavy atom. The first-order valence-electron chi connectivity index (χ1n) is 4.02. The van der Waals surface area contributed by atoms with Crippen LogP contribution in [0.25, 0.3) is 0 Å². The van der Waals surface area contributed by atoms with E-state index in [1.165, 1.54) is 12.7 Å². The molecule has 0 bridgehead atoms. The summed E-state index contributed by atoms with van der Waals surface area (Å²) in [6.45, 7) is 4.14. The summed E-state index contributed by atoms with van der Waals surface area (Å²) in [6.07, 6.45) is 4.59. The molecular formula is C9H16O2. The van der Waals surface area contributed by atoms with Crippen molar-refractivity contribution in [3.8, 4) is 0 Å². The maximum atomic E-state index is 10.8. The molecule has 0 N–H and O–H groups in total. The molecule has 0 unspecified atom stereocenters. The fourth-order valence-corrected chi connectivity index (χ4v) is 0.898. The second-order valence-corrected chi connectivity index (χ2v) is 2.43. The molecule has 11 heavy (non-hydrogen) atoms. The molecule has 0 radical (unpaired) electrons. The van der Waals surface area contributed by atoms with Crippen molar-refractivity contribution in [2.75, 3.05) is 7.11 Å². The molecule has 0 amide bonds. The molecule has 2 nitrogen and oxygen atoms in total. The van der Waals surface area contributed by atoms with E-state index in [1.54, 1.807) is 6.08 Å². The Kier molecular flexibility index (Phi) is 5.53. The number of allylic oxidation sites excluding steroid dienone is 1. The van der Waals surface area contributed by atoms with Gasteiger partial charge in [-0.25, -0.2) is 4.79 Å². The summed E-state index contributed by atoms with van der Waals surface area (Å²) in [4.78, 5) is 10.8. The van der Waals surface area contributed by atoms with Gasteiger partial charge in [0, 0.05) is 6.08 Å². The number of esters is 1. The smallest absolute Gasteiger partial charge is 0.330 e. The Morgan fingerprint density at radius 2 is 2.09 bits per heavy atom. The summed E-state index contributed by atoms with van der Waals surface area (Å²) < 4.78 is 4.51. The molecule has 0 aliphatic carbocycles. The molecule has 0 fully saturated rings. The van der Waals surface area contributed by atoms with Crippen LogP contribution in [0.5, 0.6) is 0 Å². The van der Waals surface area contributed by atoms with Crippen molar-refractivity contribution in [2.45, 2.75) is 33.1 Å². The van der Waals surface area contributed by atoms with Gasteiger partial charge in [-0.1, -0.05) is 25.8 Å². The molecule has 0 aliphatic rings. The standard InChI is InChI=1S/C9H16O2/c1-4-6-8(5-2)7-9(10)11-3/h7H,4-6H2,1-3H3. The highest BCUT2D eigenvalue weighted by Gasteiger charge is 1.97. The SMILES string of the molecule is CCCC(=CC(=O)OC)CC. The van der Waals surface area contributed by atoms with Crippen molar-refractivity contribution in [1.82, 2.24) is 0 Å². The number of carbonyl (C=O) groups is 1. The monoisotopic (exact) mass is 156 g/mol. The molecule has 2 heteroatoms. The van der Waals surface area contributed by atoms with Gasteiger partial charge in [-0.15, -0.1) is 0 Å². The van der Waals surface area contributed by atoms with Crippen molar-refractivity contribution in [3.05, 3.63) is 11.6 Å². The molecule has 0 aromatic carbocycles. The Hall–Kier alpha value is -0.790. The van der Waals surface area contributed by atoms with E-state index in [2.05, 4.69) is 11.7 Å². The van der Waals surface area contributed by atoms with Crippen LogP contribution < -0.4 is 0 Å². The third kappa shape index (κ3) is 4.59. The van der Waals surface area contributed by atoms with Gasteiger partial charge in [-0.2, -0.15) is 0 Å². The number of hydrogen-bond acceptors (Lipinski definition) is 2. The zero-order valence-electron chi connectivity index (χ0n) is 7.52. The first-order valence-corrected chi connectivity index (χ1v) is 4.02. The maximum Gasteiger partial charge on any atom is 0.330 e. The van der Waals surface area contributed by atoms with Crippen LogP contribution >= 0.6 is 0 Å². The zero-order chi connectivity index (χ0) is 8.69. The van der Waals surface area contributed by atoms with Crippen molar-refractivity contribution in [3.63, 3.8) is 0 Å². The van der Waals surface area contributed by atoms with Crippen LogP contribution in [0.2, 0.25) is 0 Å². The Labute approximate surface area is 68.2 Å². The minimum Gasteiger partial charge on any atom is -0.466 e. The lowest BCUT2D eigenvalue weighted by atomic mass is 10.1. The predicted molar refractivity (Wildman–Crippen MR) is 45.3 cm³/mol. The van der Waals surface area contributed by atoms with Crippen LogP contribution in [-0.4, -0.2) is 13.1 Å². The van der Waals surface area contributed by atoms with Gasteiger partial charge in [0.2, 0.25) is 0 Å². The number of carbonyl (C=O) groups excluding carboxylic acids is 1. The number of rotatable bonds is 4. The molecule has 0 rings (SSSR count). The normalized spacial score (nSPS) is 11.4. The molecule has 0 heterocycles. The topological polar surface area (TPSA) is 26.3 Å². The Morgan fingerprint density at radius 3 is 2.45 bits per heavy atom. The number of hydrogen-bond donors (Lipinski definition) is 0. The quantitative estimate of drug-likeness (QED) is 0.461. The average molecular weight is 156 g/mol. The maximum absolute atomic E-state index is 10.8. The van der Waals surface area contributed by atoms with E-state index in [-0.39, 0.29) is 5.97 Å². The van der Waals surface area contributed by atoms with Crippen LogP contribution in [-0.2, 0) is 9.53 Å². The first kappa shape index (κ1) is 10.2. The van der Waals surface area contributed by atoms with Gasteiger partial charge in [-0.3, -0.25) is 0 Å². The molecule has 0 saturated carbocycles. The van der Waals surface area contributed by atoms with Gasteiger partial charge in [0.05, 0.1) is 7.11 Å². The minimum atomic E-state index is -0.240. The fraction of sp³-hybridized carbons (Fsp3) is 0.667. The highest BCUT2D eigenvalue weighted by molar-refractivity contribution is 5.82. The van der Waals surface area contributed by atoms with Crippen LogP contribution in [0, 0.1) is 0 Å². The number of methoxy groups -OCH3 is 1. The predicted octanol–water partition coefficient (Wildman–Crippen LogP) is 2.30. The van der Waals surface area contributed by atoms with Gasteiger partial charge in [0.1, 0.15) is 0 Å². The van der Waals surface area contributed by atoms with E-state index in [9.17, 15) is 4.79 Å². The largest absolute Gasteiger partial charge is 0.466 e. The molecule has 64 valence electrons. The van der Waals surface area contributed by atoms with Crippen molar-refractivity contribution in [1.29, 1.82) is 0 Å². The van der Waals surface area contributed by atoms with Gasteiger partial charge < -0.3 is 4.74 Å². The second kappa shape index (κ2) is 5.96. The summed E-state index contributed by atoms with van der Waals surface area (Å²) >= 11 is 0. The Balaban J connectivity index is 3.99. The van der Waals surface area contributed by atoms with Crippen LogP contribution in [0.1, 0.15) is 33.1 Å². The van der Waals surface area contributed by atoms with Crippen molar-refractivity contribution >= 4 is 5.97 Å². The lowest BCUT2D eigenvalue weighted by molar-refractivity contribution is -0.134. The zero-order valence-corrected chi connectivity index (χ0v) is 7.52. The van der Waals surface area contributed by atoms with E-state index < -0.39 is 0 Å². The van der Waals surface area contributed by atoms with Gasteiger partial charge in [0.15, 0.2) is 0 Å². The molecule has 0 atom stereocenters. The molecule has 0 aromatic rings. The molecular weight excluding hydrogens is 140 g/mol. The third-order valence-corrected chi connectivity index (χ3v) is 1.55. The number of ether oxygens (including phenoxy) is 1. The molecule has 0 aromatic heterocycles. The lowest BCUT2D eigenvalue weighted by Crippen LogP contribution is -1.96. The van der Waals surface area contributed by atoms with Crippen molar-refractivity contribution in [2.24, 2.45) is 0 Å². The summed E-state index contributed by atoms with van der Waals surface area (Å²) in [5, 5.41) is 0. The molecule has 0 saturated heterocycles. The highest BCUT2D eigenvalue weighted by atomic mass is 16.5.